The quantitative estimate of drug-likeness (QED) is 0.838. The molecule has 0 saturated heterocycles. The summed E-state index contributed by atoms with van der Waals surface area (Å²) in [4.78, 5) is 13.5. The molecule has 0 aliphatic carbocycles. The molecular formula is C16H15FN2OS. The van der Waals surface area contributed by atoms with Crippen molar-refractivity contribution in [3.05, 3.63) is 51.0 Å². The molecule has 1 aromatic carbocycles. The van der Waals surface area contributed by atoms with Crippen molar-refractivity contribution in [3.63, 3.8) is 0 Å². The second-order valence-electron chi connectivity index (χ2n) is 4.57. The SMILES string of the molecule is Cc1ccc(F)c(NC(=O)c2cc(C)c(C#CCN)s2)c1. The van der Waals surface area contributed by atoms with Gasteiger partial charge in [0.1, 0.15) is 5.82 Å². The van der Waals surface area contributed by atoms with Crippen molar-refractivity contribution in [2.75, 3.05) is 11.9 Å². The molecule has 1 heterocycles. The summed E-state index contributed by atoms with van der Waals surface area (Å²) in [5.41, 5.74) is 7.31. The Balaban J connectivity index is 2.23. The predicted octanol–water partition coefficient (Wildman–Crippen LogP) is 3.07. The molecule has 2 rings (SSSR count). The molecule has 0 unspecified atom stereocenters. The fraction of sp³-hybridized carbons (Fsp3) is 0.188. The molecular weight excluding hydrogens is 287 g/mol. The largest absolute Gasteiger partial charge is 0.320 e. The van der Waals surface area contributed by atoms with Crippen LogP contribution in [0, 0.1) is 31.5 Å². The minimum atomic E-state index is -0.453. The first-order valence-corrected chi connectivity index (χ1v) is 7.20. The molecule has 0 saturated carbocycles. The number of hydrogen-bond donors (Lipinski definition) is 2. The molecule has 0 aliphatic heterocycles. The van der Waals surface area contributed by atoms with Crippen LogP contribution in [-0.4, -0.2) is 12.5 Å². The predicted molar refractivity (Wildman–Crippen MR) is 84.1 cm³/mol. The van der Waals surface area contributed by atoms with Crippen LogP contribution >= 0.6 is 11.3 Å². The van der Waals surface area contributed by atoms with E-state index in [0.717, 1.165) is 16.0 Å². The normalized spacial score (nSPS) is 9.90. The Morgan fingerprint density at radius 1 is 1.38 bits per heavy atom. The molecule has 21 heavy (non-hydrogen) atoms. The molecule has 0 fully saturated rings. The Kier molecular flexibility index (Phi) is 4.73. The number of carbonyl (C=O) groups is 1. The van der Waals surface area contributed by atoms with E-state index in [1.807, 2.05) is 13.8 Å². The minimum Gasteiger partial charge on any atom is -0.320 e. The van der Waals surface area contributed by atoms with Gasteiger partial charge in [-0.1, -0.05) is 17.9 Å². The maximum atomic E-state index is 13.6. The second-order valence-corrected chi connectivity index (χ2v) is 5.62. The van der Waals surface area contributed by atoms with Crippen molar-refractivity contribution in [2.45, 2.75) is 13.8 Å². The number of rotatable bonds is 2. The van der Waals surface area contributed by atoms with Gasteiger partial charge in [0.25, 0.3) is 5.91 Å². The Morgan fingerprint density at radius 3 is 2.86 bits per heavy atom. The fourth-order valence-electron chi connectivity index (χ4n) is 1.77. The van der Waals surface area contributed by atoms with Gasteiger partial charge in [-0.3, -0.25) is 4.79 Å². The maximum Gasteiger partial charge on any atom is 0.265 e. The summed E-state index contributed by atoms with van der Waals surface area (Å²) in [7, 11) is 0. The Bertz CT molecular complexity index is 740. The highest BCUT2D eigenvalue weighted by Crippen LogP contribution is 2.23. The summed E-state index contributed by atoms with van der Waals surface area (Å²) >= 11 is 1.27. The monoisotopic (exact) mass is 302 g/mol. The third-order valence-corrected chi connectivity index (χ3v) is 3.97. The summed E-state index contributed by atoms with van der Waals surface area (Å²) in [5, 5.41) is 2.59. The van der Waals surface area contributed by atoms with E-state index in [9.17, 15) is 9.18 Å². The lowest BCUT2D eigenvalue weighted by atomic mass is 10.2. The number of hydrogen-bond acceptors (Lipinski definition) is 3. The molecule has 5 heteroatoms. The van der Waals surface area contributed by atoms with Gasteiger partial charge in [-0.25, -0.2) is 4.39 Å². The maximum absolute atomic E-state index is 13.6. The Hall–Kier alpha value is -2.16. The van der Waals surface area contributed by atoms with Gasteiger partial charge in [0.15, 0.2) is 0 Å². The second kappa shape index (κ2) is 6.53. The van der Waals surface area contributed by atoms with Crippen LogP contribution < -0.4 is 11.1 Å². The number of nitrogens with two attached hydrogens (primary N) is 1. The molecule has 0 bridgehead atoms. The van der Waals surface area contributed by atoms with Gasteiger partial charge in [0.05, 0.1) is 22.0 Å². The van der Waals surface area contributed by atoms with Crippen molar-refractivity contribution >= 4 is 22.9 Å². The van der Waals surface area contributed by atoms with Crippen molar-refractivity contribution < 1.29 is 9.18 Å². The van der Waals surface area contributed by atoms with Gasteiger partial charge in [0.2, 0.25) is 0 Å². The number of aryl methyl sites for hydroxylation is 2. The highest BCUT2D eigenvalue weighted by molar-refractivity contribution is 7.14. The lowest BCUT2D eigenvalue weighted by Gasteiger charge is -2.05. The van der Waals surface area contributed by atoms with Gasteiger partial charge in [-0.15, -0.1) is 11.3 Å². The molecule has 3 N–H and O–H groups in total. The van der Waals surface area contributed by atoms with Crippen LogP contribution in [-0.2, 0) is 0 Å². The third-order valence-electron chi connectivity index (χ3n) is 2.82. The summed E-state index contributed by atoms with van der Waals surface area (Å²) in [5.74, 6) is 4.89. The van der Waals surface area contributed by atoms with E-state index >= 15 is 0 Å². The number of amides is 1. The lowest BCUT2D eigenvalue weighted by Crippen LogP contribution is -2.11. The van der Waals surface area contributed by atoms with Crippen molar-refractivity contribution in [3.8, 4) is 11.8 Å². The minimum absolute atomic E-state index is 0.181. The van der Waals surface area contributed by atoms with E-state index in [2.05, 4.69) is 17.2 Å². The van der Waals surface area contributed by atoms with E-state index in [1.165, 1.54) is 17.4 Å². The first kappa shape index (κ1) is 15.2. The van der Waals surface area contributed by atoms with E-state index in [1.54, 1.807) is 18.2 Å². The van der Waals surface area contributed by atoms with E-state index in [0.29, 0.717) is 4.88 Å². The molecule has 108 valence electrons. The number of carbonyl (C=O) groups excluding carboxylic acids is 1. The number of nitrogens with one attached hydrogen (secondary N) is 1. The fourth-order valence-corrected chi connectivity index (χ4v) is 2.71. The van der Waals surface area contributed by atoms with Gasteiger partial charge in [-0.2, -0.15) is 0 Å². The zero-order chi connectivity index (χ0) is 15.4. The molecule has 2 aromatic rings. The number of benzene rings is 1. The van der Waals surface area contributed by atoms with Crippen LogP contribution in [0.5, 0.6) is 0 Å². The van der Waals surface area contributed by atoms with Gasteiger partial charge >= 0.3 is 0 Å². The van der Waals surface area contributed by atoms with Crippen LogP contribution in [0.4, 0.5) is 10.1 Å². The van der Waals surface area contributed by atoms with Crippen LogP contribution in [0.3, 0.4) is 0 Å². The molecule has 3 nitrogen and oxygen atoms in total. The van der Waals surface area contributed by atoms with Gasteiger partial charge in [0, 0.05) is 0 Å². The van der Waals surface area contributed by atoms with Gasteiger partial charge in [-0.05, 0) is 43.2 Å². The number of thiophene rings is 1. The van der Waals surface area contributed by atoms with Crippen molar-refractivity contribution in [2.24, 2.45) is 5.73 Å². The number of anilines is 1. The summed E-state index contributed by atoms with van der Waals surface area (Å²) in [6, 6.07) is 6.33. The summed E-state index contributed by atoms with van der Waals surface area (Å²) in [6.45, 7) is 3.99. The van der Waals surface area contributed by atoms with E-state index in [-0.39, 0.29) is 18.1 Å². The lowest BCUT2D eigenvalue weighted by molar-refractivity contribution is 0.103. The molecule has 0 aliphatic rings. The van der Waals surface area contributed by atoms with Crippen molar-refractivity contribution in [1.29, 1.82) is 0 Å². The molecule has 1 amide bonds. The van der Waals surface area contributed by atoms with Crippen LogP contribution in [0.15, 0.2) is 24.3 Å². The van der Waals surface area contributed by atoms with E-state index in [4.69, 9.17) is 5.73 Å². The molecule has 0 spiro atoms. The van der Waals surface area contributed by atoms with Crippen molar-refractivity contribution in [1.82, 2.24) is 0 Å². The molecule has 1 aromatic heterocycles. The first-order chi connectivity index (χ1) is 10.0. The molecule has 0 atom stereocenters. The number of halogens is 1. The van der Waals surface area contributed by atoms with Crippen LogP contribution in [0.25, 0.3) is 0 Å². The summed E-state index contributed by atoms with van der Waals surface area (Å²) < 4.78 is 13.6. The molecule has 0 radical (unpaired) electrons. The van der Waals surface area contributed by atoms with Gasteiger partial charge < -0.3 is 11.1 Å². The third kappa shape index (κ3) is 3.69. The zero-order valence-corrected chi connectivity index (χ0v) is 12.6. The highest BCUT2D eigenvalue weighted by atomic mass is 32.1. The summed E-state index contributed by atoms with van der Waals surface area (Å²) in [6.07, 6.45) is 0. The topological polar surface area (TPSA) is 55.1 Å². The van der Waals surface area contributed by atoms with E-state index < -0.39 is 5.82 Å². The zero-order valence-electron chi connectivity index (χ0n) is 11.8. The Morgan fingerprint density at radius 2 is 2.14 bits per heavy atom. The Labute approximate surface area is 127 Å². The van der Waals surface area contributed by atoms with Crippen LogP contribution in [0.2, 0.25) is 0 Å². The van der Waals surface area contributed by atoms with Crippen LogP contribution in [0.1, 0.15) is 25.7 Å². The standard InChI is InChI=1S/C16H15FN2OS/c1-10-5-6-12(17)13(8-10)19-16(20)15-9-11(2)14(21-15)4-3-7-18/h5-6,8-9H,7,18H2,1-2H3,(H,19,20). The highest BCUT2D eigenvalue weighted by Gasteiger charge is 2.13. The average molecular weight is 302 g/mol. The average Bonchev–Trinajstić information content (AvgIpc) is 2.82. The first-order valence-electron chi connectivity index (χ1n) is 6.38. The smallest absolute Gasteiger partial charge is 0.265 e.